The van der Waals surface area contributed by atoms with Crippen molar-refractivity contribution in [3.8, 4) is 11.1 Å². The molecule has 0 radical (unpaired) electrons. The molecular weight excluding hydrogens is 458 g/mol. The molecule has 0 aliphatic heterocycles. The minimum Gasteiger partial charge on any atom is -0.362 e. The number of halogens is 1. The molecule has 3 aromatic carbocycles. The highest BCUT2D eigenvalue weighted by Gasteiger charge is 2.39. The molecule has 2 aromatic heterocycles. The minimum atomic E-state index is -0.941. The Morgan fingerprint density at radius 2 is 1.60 bits per heavy atom. The lowest BCUT2D eigenvalue weighted by Gasteiger charge is -2.34. The lowest BCUT2D eigenvalue weighted by Crippen LogP contribution is -2.33. The molecule has 0 aliphatic rings. The monoisotopic (exact) mass is 483 g/mol. The Hall–Kier alpha value is -3.67. The van der Waals surface area contributed by atoms with Gasteiger partial charge in [0.25, 0.3) is 5.56 Å². The van der Waals surface area contributed by atoms with Gasteiger partial charge in [-0.05, 0) is 53.4 Å². The maximum absolute atomic E-state index is 12.8. The number of pyridine rings is 1. The van der Waals surface area contributed by atoms with Crippen molar-refractivity contribution in [3.63, 3.8) is 0 Å². The Morgan fingerprint density at radius 3 is 2.23 bits per heavy atom. The van der Waals surface area contributed by atoms with Crippen LogP contribution in [-0.4, -0.2) is 21.2 Å². The molecule has 35 heavy (non-hydrogen) atoms. The van der Waals surface area contributed by atoms with Gasteiger partial charge >= 0.3 is 0 Å². The standard InChI is InChI=1S/C29H26ClN3O2/c1-19-5-7-20(8-6-19)24-16-28(34)33(3)26-14-11-22(15-25(24)26)29(35-4,27-17-31-18-32(27)2)21-9-12-23(30)13-10-21/h5-18H,1-4H3. The summed E-state index contributed by atoms with van der Waals surface area (Å²) in [6.07, 6.45) is 3.59. The van der Waals surface area contributed by atoms with Crippen molar-refractivity contribution in [2.45, 2.75) is 12.5 Å². The molecule has 0 spiro atoms. The average molecular weight is 484 g/mol. The smallest absolute Gasteiger partial charge is 0.251 e. The van der Waals surface area contributed by atoms with E-state index in [-0.39, 0.29) is 5.56 Å². The lowest BCUT2D eigenvalue weighted by atomic mass is 9.82. The summed E-state index contributed by atoms with van der Waals surface area (Å²) >= 11 is 6.23. The quantitative estimate of drug-likeness (QED) is 0.315. The highest BCUT2D eigenvalue weighted by molar-refractivity contribution is 6.30. The van der Waals surface area contributed by atoms with Gasteiger partial charge in [-0.15, -0.1) is 0 Å². The van der Waals surface area contributed by atoms with Crippen LogP contribution in [0.3, 0.4) is 0 Å². The highest BCUT2D eigenvalue weighted by Crippen LogP contribution is 2.42. The van der Waals surface area contributed by atoms with Crippen molar-refractivity contribution < 1.29 is 4.74 Å². The molecule has 5 aromatic rings. The Balaban J connectivity index is 1.86. The van der Waals surface area contributed by atoms with Crippen molar-refractivity contribution in [1.82, 2.24) is 14.1 Å². The molecule has 176 valence electrons. The van der Waals surface area contributed by atoms with Crippen LogP contribution in [0.5, 0.6) is 0 Å². The zero-order valence-corrected chi connectivity index (χ0v) is 20.9. The second-order valence-corrected chi connectivity index (χ2v) is 9.27. The van der Waals surface area contributed by atoms with Gasteiger partial charge in [0.15, 0.2) is 5.60 Å². The highest BCUT2D eigenvalue weighted by atomic mass is 35.5. The summed E-state index contributed by atoms with van der Waals surface area (Å²) in [5.74, 6) is 0. The summed E-state index contributed by atoms with van der Waals surface area (Å²) in [7, 11) is 5.45. The molecule has 2 heterocycles. The molecule has 1 atom stereocenters. The van der Waals surface area contributed by atoms with E-state index < -0.39 is 5.60 Å². The van der Waals surface area contributed by atoms with Crippen LogP contribution in [-0.2, 0) is 24.4 Å². The van der Waals surface area contributed by atoms with Crippen molar-refractivity contribution >= 4 is 22.5 Å². The predicted octanol–water partition coefficient (Wildman–Crippen LogP) is 5.84. The topological polar surface area (TPSA) is 49.1 Å². The molecule has 0 N–H and O–H groups in total. The van der Waals surface area contributed by atoms with E-state index in [1.165, 1.54) is 5.56 Å². The first kappa shape index (κ1) is 23.1. The molecule has 6 heteroatoms. The van der Waals surface area contributed by atoms with E-state index in [4.69, 9.17) is 16.3 Å². The molecule has 1 unspecified atom stereocenters. The van der Waals surface area contributed by atoms with E-state index in [0.29, 0.717) is 5.02 Å². The summed E-state index contributed by atoms with van der Waals surface area (Å²) in [6.45, 7) is 2.05. The third-order valence-electron chi connectivity index (χ3n) is 6.75. The summed E-state index contributed by atoms with van der Waals surface area (Å²) < 4.78 is 10.0. The number of hydrogen-bond donors (Lipinski definition) is 0. The SMILES string of the molecule is COC(c1ccc(Cl)cc1)(c1ccc2c(c1)c(-c1ccc(C)cc1)cc(=O)n2C)c1cncn1C. The fraction of sp³-hybridized carbons (Fsp3) is 0.172. The zero-order chi connectivity index (χ0) is 24.7. The minimum absolute atomic E-state index is 0.0526. The van der Waals surface area contributed by atoms with Gasteiger partial charge in [-0.25, -0.2) is 4.98 Å². The zero-order valence-electron chi connectivity index (χ0n) is 20.1. The molecule has 0 saturated carbocycles. The number of hydrogen-bond acceptors (Lipinski definition) is 3. The van der Waals surface area contributed by atoms with Crippen LogP contribution >= 0.6 is 11.6 Å². The number of aryl methyl sites for hydroxylation is 3. The molecule has 5 nitrogen and oxygen atoms in total. The number of rotatable bonds is 5. The van der Waals surface area contributed by atoms with Gasteiger partial charge in [0.1, 0.15) is 0 Å². The molecule has 5 rings (SSSR count). The normalized spacial score (nSPS) is 13.2. The van der Waals surface area contributed by atoms with E-state index in [9.17, 15) is 4.79 Å². The first-order valence-electron chi connectivity index (χ1n) is 11.3. The summed E-state index contributed by atoms with van der Waals surface area (Å²) in [4.78, 5) is 17.2. The lowest BCUT2D eigenvalue weighted by molar-refractivity contribution is 0.0525. The van der Waals surface area contributed by atoms with E-state index in [1.54, 1.807) is 31.1 Å². The first-order chi connectivity index (χ1) is 16.8. The molecule has 0 bridgehead atoms. The van der Waals surface area contributed by atoms with Gasteiger partial charge in [0.05, 0.1) is 23.7 Å². The maximum atomic E-state index is 12.8. The Labute approximate surface area is 209 Å². The number of aromatic nitrogens is 3. The van der Waals surface area contributed by atoms with Crippen LogP contribution in [0.15, 0.2) is 90.1 Å². The van der Waals surface area contributed by atoms with E-state index in [1.807, 2.05) is 54.2 Å². The Morgan fingerprint density at radius 1 is 0.914 bits per heavy atom. The molecule has 0 aliphatic carbocycles. The molecule has 0 amide bonds. The van der Waals surface area contributed by atoms with Crippen molar-refractivity contribution in [3.05, 3.63) is 123 Å². The number of benzene rings is 3. The fourth-order valence-corrected chi connectivity index (χ4v) is 4.96. The Bertz CT molecular complexity index is 1580. The first-order valence-corrected chi connectivity index (χ1v) is 11.7. The Kier molecular flexibility index (Phi) is 5.83. The average Bonchev–Trinajstić information content (AvgIpc) is 3.30. The van der Waals surface area contributed by atoms with Gasteiger partial charge in [-0.3, -0.25) is 4.79 Å². The third-order valence-corrected chi connectivity index (χ3v) is 7.00. The number of ether oxygens (including phenoxy) is 1. The van der Waals surface area contributed by atoms with Gasteiger partial charge in [-0.2, -0.15) is 0 Å². The number of methoxy groups -OCH3 is 1. The van der Waals surface area contributed by atoms with Gasteiger partial charge in [-0.1, -0.05) is 59.6 Å². The second-order valence-electron chi connectivity index (χ2n) is 8.84. The predicted molar refractivity (Wildman–Crippen MR) is 141 cm³/mol. The number of imidazole rings is 1. The van der Waals surface area contributed by atoms with Crippen LogP contribution in [0.25, 0.3) is 22.0 Å². The largest absolute Gasteiger partial charge is 0.362 e. The van der Waals surface area contributed by atoms with E-state index in [0.717, 1.165) is 38.9 Å². The van der Waals surface area contributed by atoms with Crippen molar-refractivity contribution in [1.29, 1.82) is 0 Å². The van der Waals surface area contributed by atoms with Crippen LogP contribution in [0, 0.1) is 6.92 Å². The summed E-state index contributed by atoms with van der Waals surface area (Å²) in [5, 5.41) is 1.62. The van der Waals surface area contributed by atoms with E-state index in [2.05, 4.69) is 42.2 Å². The van der Waals surface area contributed by atoms with Crippen LogP contribution in [0.2, 0.25) is 5.02 Å². The summed E-state index contributed by atoms with van der Waals surface area (Å²) in [5.41, 5.74) is 5.62. The fourth-order valence-electron chi connectivity index (χ4n) is 4.84. The van der Waals surface area contributed by atoms with Gasteiger partial charge in [0, 0.05) is 37.7 Å². The third kappa shape index (κ3) is 3.77. The molecule has 0 saturated heterocycles. The van der Waals surface area contributed by atoms with E-state index >= 15 is 0 Å². The van der Waals surface area contributed by atoms with Crippen LogP contribution in [0.1, 0.15) is 22.4 Å². The van der Waals surface area contributed by atoms with Crippen LogP contribution in [0.4, 0.5) is 0 Å². The summed E-state index contributed by atoms with van der Waals surface area (Å²) in [6, 6.07) is 23.8. The van der Waals surface area contributed by atoms with Gasteiger partial charge in [0.2, 0.25) is 0 Å². The molecule has 0 fully saturated rings. The second kappa shape index (κ2) is 8.84. The maximum Gasteiger partial charge on any atom is 0.251 e. The van der Waals surface area contributed by atoms with Crippen molar-refractivity contribution in [2.75, 3.05) is 7.11 Å². The number of fused-ring (bicyclic) bond motifs is 1. The van der Waals surface area contributed by atoms with Crippen LogP contribution < -0.4 is 5.56 Å². The van der Waals surface area contributed by atoms with Gasteiger partial charge < -0.3 is 13.9 Å². The van der Waals surface area contributed by atoms with Crippen molar-refractivity contribution in [2.24, 2.45) is 14.1 Å². The number of nitrogens with zero attached hydrogens (tertiary/aromatic N) is 3. The molecular formula is C29H26ClN3O2.